The van der Waals surface area contributed by atoms with Crippen LogP contribution >= 0.6 is 11.8 Å². The minimum Gasteiger partial charge on any atom is -0.463 e. The summed E-state index contributed by atoms with van der Waals surface area (Å²) >= 11 is 1.12. The number of nitrogens with zero attached hydrogens (tertiary/aromatic N) is 2. The zero-order chi connectivity index (χ0) is 19.4. The molecule has 2 aliphatic heterocycles. The molecule has 0 spiro atoms. The van der Waals surface area contributed by atoms with Gasteiger partial charge in [-0.3, -0.25) is 9.69 Å². The van der Waals surface area contributed by atoms with Gasteiger partial charge in [0.2, 0.25) is 6.10 Å². The van der Waals surface area contributed by atoms with Crippen LogP contribution in [0, 0.1) is 5.82 Å². The summed E-state index contributed by atoms with van der Waals surface area (Å²) in [5.74, 6) is -1.31. The van der Waals surface area contributed by atoms with E-state index in [9.17, 15) is 18.8 Å². The predicted octanol–water partition coefficient (Wildman–Crippen LogP) is 2.02. The summed E-state index contributed by atoms with van der Waals surface area (Å²) in [6.45, 7) is 2.19. The molecule has 2 aliphatic rings. The van der Waals surface area contributed by atoms with E-state index in [2.05, 4.69) is 10.5 Å². The quantitative estimate of drug-likeness (QED) is 0.585. The lowest BCUT2D eigenvalue weighted by atomic mass is 10.2. The zero-order valence-electron chi connectivity index (χ0n) is 14.6. The summed E-state index contributed by atoms with van der Waals surface area (Å²) in [7, 11) is 0. The Bertz CT molecular complexity index is 801. The Labute approximate surface area is 159 Å². The highest BCUT2D eigenvalue weighted by Crippen LogP contribution is 2.27. The third-order valence-corrected chi connectivity index (χ3v) is 4.93. The van der Waals surface area contributed by atoms with Gasteiger partial charge < -0.3 is 9.47 Å². The molecule has 3 rings (SSSR count). The highest BCUT2D eigenvalue weighted by atomic mass is 32.2. The second kappa shape index (κ2) is 8.38. The van der Waals surface area contributed by atoms with Gasteiger partial charge in [0.1, 0.15) is 10.9 Å². The number of carbonyl (C=O) groups is 3. The minimum absolute atomic E-state index is 0.0473. The number of hydrogen-bond donors (Lipinski definition) is 1. The van der Waals surface area contributed by atoms with Gasteiger partial charge in [-0.05, 0) is 24.6 Å². The number of halogens is 1. The molecule has 0 unspecified atom stereocenters. The number of cyclic esters (lactones) is 1. The van der Waals surface area contributed by atoms with Gasteiger partial charge >= 0.3 is 12.1 Å². The minimum atomic E-state index is -1.04. The van der Waals surface area contributed by atoms with Crippen molar-refractivity contribution >= 4 is 40.5 Å². The molecule has 0 aliphatic carbocycles. The van der Waals surface area contributed by atoms with Crippen LogP contribution in [0.3, 0.4) is 0 Å². The zero-order valence-corrected chi connectivity index (χ0v) is 15.4. The number of amides is 2. The number of hydrogen-bond acceptors (Lipinski definition) is 7. The Balaban J connectivity index is 1.69. The van der Waals surface area contributed by atoms with E-state index >= 15 is 0 Å². The Kier molecular flexibility index (Phi) is 5.94. The molecule has 10 heteroatoms. The summed E-state index contributed by atoms with van der Waals surface area (Å²) in [5, 5.41) is 4.18. The van der Waals surface area contributed by atoms with Crippen LogP contribution in [-0.4, -0.2) is 48.0 Å². The molecular weight excluding hydrogens is 377 g/mol. The number of anilines is 1. The molecule has 0 aromatic heterocycles. The first-order valence-electron chi connectivity index (χ1n) is 8.43. The number of ether oxygens (including phenoxy) is 2. The van der Waals surface area contributed by atoms with Crippen LogP contribution in [0.15, 0.2) is 23.3 Å². The Morgan fingerprint density at radius 2 is 2.30 bits per heavy atom. The second-order valence-electron chi connectivity index (χ2n) is 5.91. The molecule has 0 bridgehead atoms. The number of nitrogens with one attached hydrogen (secondary N) is 1. The molecule has 0 radical (unpaired) electrons. The van der Waals surface area contributed by atoms with Crippen molar-refractivity contribution in [2.75, 3.05) is 23.8 Å². The van der Waals surface area contributed by atoms with E-state index in [-0.39, 0.29) is 36.1 Å². The summed E-state index contributed by atoms with van der Waals surface area (Å²) < 4.78 is 24.6. The van der Waals surface area contributed by atoms with E-state index in [0.717, 1.165) is 24.6 Å². The first kappa shape index (κ1) is 19.2. The number of rotatable bonds is 6. The largest absolute Gasteiger partial charge is 0.463 e. The molecule has 1 atom stereocenters. The van der Waals surface area contributed by atoms with Gasteiger partial charge in [0, 0.05) is 5.56 Å². The van der Waals surface area contributed by atoms with Crippen LogP contribution in [-0.2, 0) is 19.1 Å². The second-order valence-corrected chi connectivity index (χ2v) is 6.87. The molecule has 1 saturated heterocycles. The molecule has 144 valence electrons. The van der Waals surface area contributed by atoms with Crippen molar-refractivity contribution in [1.82, 2.24) is 5.43 Å². The SMILES string of the molecule is CCCCOC(=O)[C@H]1CN(c2ccc(C3=NNC(=O)CS3)c(F)c2)C(=O)O1. The maximum Gasteiger partial charge on any atom is 0.415 e. The van der Waals surface area contributed by atoms with Gasteiger partial charge in [-0.15, -0.1) is 0 Å². The standard InChI is InChI=1S/C17H18FN3O5S/c1-2-3-6-25-16(23)13-8-21(17(24)26-13)10-4-5-11(12(18)7-10)15-20-19-14(22)9-27-15/h4-5,7,13H,2-3,6,8-9H2,1H3,(H,19,22)/t13-/m1/s1. The molecule has 0 saturated carbocycles. The lowest BCUT2D eigenvalue weighted by Crippen LogP contribution is -2.29. The van der Waals surface area contributed by atoms with Crippen molar-refractivity contribution in [3.05, 3.63) is 29.6 Å². The number of carbonyl (C=O) groups excluding carboxylic acids is 3. The molecule has 1 N–H and O–H groups in total. The van der Waals surface area contributed by atoms with Crippen molar-refractivity contribution in [1.29, 1.82) is 0 Å². The molecule has 1 aromatic rings. The van der Waals surface area contributed by atoms with E-state index in [4.69, 9.17) is 9.47 Å². The van der Waals surface area contributed by atoms with Crippen molar-refractivity contribution < 1.29 is 28.2 Å². The third kappa shape index (κ3) is 4.38. The number of esters is 1. The van der Waals surface area contributed by atoms with Gasteiger partial charge in [-0.25, -0.2) is 19.4 Å². The van der Waals surface area contributed by atoms with Crippen LogP contribution in [0.5, 0.6) is 0 Å². The Hall–Kier alpha value is -2.62. The van der Waals surface area contributed by atoms with Crippen LogP contribution in [0.2, 0.25) is 0 Å². The summed E-state index contributed by atoms with van der Waals surface area (Å²) in [5.41, 5.74) is 2.77. The monoisotopic (exact) mass is 395 g/mol. The smallest absolute Gasteiger partial charge is 0.415 e. The van der Waals surface area contributed by atoms with Gasteiger partial charge in [0.25, 0.3) is 5.91 Å². The number of hydrazone groups is 1. The molecule has 27 heavy (non-hydrogen) atoms. The maximum absolute atomic E-state index is 14.5. The molecule has 2 amide bonds. The van der Waals surface area contributed by atoms with Gasteiger partial charge in [0.15, 0.2) is 0 Å². The van der Waals surface area contributed by atoms with Crippen molar-refractivity contribution in [3.8, 4) is 0 Å². The predicted molar refractivity (Wildman–Crippen MR) is 97.0 cm³/mol. The lowest BCUT2D eigenvalue weighted by molar-refractivity contribution is -0.151. The topological polar surface area (TPSA) is 97.3 Å². The van der Waals surface area contributed by atoms with Crippen LogP contribution < -0.4 is 10.3 Å². The molecule has 2 heterocycles. The van der Waals surface area contributed by atoms with E-state index < -0.39 is 24.0 Å². The summed E-state index contributed by atoms with van der Waals surface area (Å²) in [6.07, 6.45) is -0.171. The fourth-order valence-corrected chi connectivity index (χ4v) is 3.26. The van der Waals surface area contributed by atoms with Crippen molar-refractivity contribution in [2.24, 2.45) is 5.10 Å². The van der Waals surface area contributed by atoms with E-state index in [1.165, 1.54) is 23.1 Å². The first-order chi connectivity index (χ1) is 13.0. The van der Waals surface area contributed by atoms with Crippen LogP contribution in [0.4, 0.5) is 14.9 Å². The van der Waals surface area contributed by atoms with E-state index in [1.54, 1.807) is 0 Å². The normalized spacial score (nSPS) is 19.4. The van der Waals surface area contributed by atoms with Gasteiger partial charge in [-0.1, -0.05) is 25.1 Å². The van der Waals surface area contributed by atoms with Crippen molar-refractivity contribution in [2.45, 2.75) is 25.9 Å². The number of benzene rings is 1. The van der Waals surface area contributed by atoms with Crippen LogP contribution in [0.25, 0.3) is 0 Å². The average molecular weight is 395 g/mol. The maximum atomic E-state index is 14.5. The number of unbranched alkanes of at least 4 members (excludes halogenated alkanes) is 1. The van der Waals surface area contributed by atoms with E-state index in [1.807, 2.05) is 6.92 Å². The van der Waals surface area contributed by atoms with E-state index in [0.29, 0.717) is 5.04 Å². The molecule has 1 fully saturated rings. The summed E-state index contributed by atoms with van der Waals surface area (Å²) in [6, 6.07) is 4.17. The lowest BCUT2D eigenvalue weighted by Gasteiger charge is -2.16. The Morgan fingerprint density at radius 3 is 2.96 bits per heavy atom. The summed E-state index contributed by atoms with van der Waals surface area (Å²) in [4.78, 5) is 36.3. The van der Waals surface area contributed by atoms with Crippen molar-refractivity contribution in [3.63, 3.8) is 0 Å². The third-order valence-electron chi connectivity index (χ3n) is 3.93. The fraction of sp³-hybridized carbons (Fsp3) is 0.412. The van der Waals surface area contributed by atoms with Crippen LogP contribution in [0.1, 0.15) is 25.3 Å². The fourth-order valence-electron chi connectivity index (χ4n) is 2.50. The average Bonchev–Trinajstić information content (AvgIpc) is 3.04. The molecule has 1 aromatic carbocycles. The van der Waals surface area contributed by atoms with Gasteiger partial charge in [-0.2, -0.15) is 5.10 Å². The Morgan fingerprint density at radius 1 is 1.48 bits per heavy atom. The highest BCUT2D eigenvalue weighted by molar-refractivity contribution is 8.15. The van der Waals surface area contributed by atoms with Gasteiger partial charge in [0.05, 0.1) is 24.6 Å². The molecule has 8 nitrogen and oxygen atoms in total. The highest BCUT2D eigenvalue weighted by Gasteiger charge is 2.38. The number of thioether (sulfide) groups is 1. The molecular formula is C17H18FN3O5S. The first-order valence-corrected chi connectivity index (χ1v) is 9.42.